The van der Waals surface area contributed by atoms with Gasteiger partial charge < -0.3 is 9.80 Å². The number of carbonyl (C=O) groups is 1. The number of piperidine rings is 1. The van der Waals surface area contributed by atoms with Crippen LogP contribution in [0.3, 0.4) is 0 Å². The Morgan fingerprint density at radius 2 is 2.08 bits per heavy atom. The summed E-state index contributed by atoms with van der Waals surface area (Å²) in [6.45, 7) is 1.97. The first-order valence-corrected chi connectivity index (χ1v) is 8.57. The number of amides is 1. The topological polar surface area (TPSA) is 73.1 Å². The van der Waals surface area contributed by atoms with Crippen LogP contribution < -0.4 is 4.90 Å². The maximum atomic E-state index is 12.9. The van der Waals surface area contributed by atoms with Crippen LogP contribution in [-0.2, 0) is 11.3 Å². The zero-order chi connectivity index (χ0) is 17.2. The quantitative estimate of drug-likeness (QED) is 0.859. The van der Waals surface area contributed by atoms with E-state index in [4.69, 9.17) is 5.26 Å². The molecule has 25 heavy (non-hydrogen) atoms. The predicted molar refractivity (Wildman–Crippen MR) is 92.5 cm³/mol. The first kappa shape index (κ1) is 15.6. The largest absolute Gasteiger partial charge is 0.354 e. The van der Waals surface area contributed by atoms with Gasteiger partial charge >= 0.3 is 0 Å². The van der Waals surface area contributed by atoms with Gasteiger partial charge in [0, 0.05) is 25.3 Å². The third-order valence-electron chi connectivity index (χ3n) is 5.02. The number of pyridine rings is 2. The lowest BCUT2D eigenvalue weighted by molar-refractivity contribution is -0.140. The summed E-state index contributed by atoms with van der Waals surface area (Å²) in [5.74, 6) is 0.972. The highest BCUT2D eigenvalue weighted by Gasteiger charge is 2.41. The van der Waals surface area contributed by atoms with Gasteiger partial charge in [0.05, 0.1) is 18.2 Å². The summed E-state index contributed by atoms with van der Waals surface area (Å²) in [7, 11) is 0. The molecule has 0 saturated carbocycles. The molecule has 0 radical (unpaired) electrons. The Balaban J connectivity index is 1.59. The van der Waals surface area contributed by atoms with Gasteiger partial charge in [-0.3, -0.25) is 9.78 Å². The average Bonchev–Trinajstić information content (AvgIpc) is 2.95. The molecular weight excluding hydrogens is 314 g/mol. The van der Waals surface area contributed by atoms with Crippen molar-refractivity contribution in [2.75, 3.05) is 18.0 Å². The van der Waals surface area contributed by atoms with Crippen molar-refractivity contribution >= 4 is 11.7 Å². The lowest BCUT2D eigenvalue weighted by Crippen LogP contribution is -2.47. The predicted octanol–water partition coefficient (Wildman–Crippen LogP) is 1.98. The van der Waals surface area contributed by atoms with E-state index in [9.17, 15) is 4.79 Å². The van der Waals surface area contributed by atoms with Crippen molar-refractivity contribution in [3.05, 3.63) is 54.0 Å². The van der Waals surface area contributed by atoms with E-state index in [2.05, 4.69) is 20.9 Å². The summed E-state index contributed by atoms with van der Waals surface area (Å²) < 4.78 is 0. The molecule has 0 unspecified atom stereocenters. The van der Waals surface area contributed by atoms with Crippen LogP contribution in [0, 0.1) is 17.2 Å². The number of nitrogens with zero attached hydrogens (tertiary/aromatic N) is 5. The number of aromatic nitrogens is 2. The van der Waals surface area contributed by atoms with Crippen LogP contribution in [0.4, 0.5) is 5.82 Å². The van der Waals surface area contributed by atoms with Crippen LogP contribution in [0.5, 0.6) is 0 Å². The molecule has 3 fully saturated rings. The van der Waals surface area contributed by atoms with Gasteiger partial charge in [-0.2, -0.15) is 5.26 Å². The minimum atomic E-state index is -0.0185. The Labute approximate surface area is 146 Å². The molecule has 0 aliphatic carbocycles. The van der Waals surface area contributed by atoms with Crippen LogP contribution in [-0.4, -0.2) is 39.9 Å². The summed E-state index contributed by atoms with van der Waals surface area (Å²) in [4.78, 5) is 25.8. The number of carbonyl (C=O) groups excluding carboxylic acids is 1. The molecule has 2 atom stereocenters. The van der Waals surface area contributed by atoms with Crippen LogP contribution in [0.2, 0.25) is 0 Å². The Kier molecular flexibility index (Phi) is 4.06. The molecule has 5 heterocycles. The average molecular weight is 333 g/mol. The van der Waals surface area contributed by atoms with Crippen molar-refractivity contribution in [1.29, 1.82) is 5.26 Å². The van der Waals surface area contributed by atoms with Gasteiger partial charge in [-0.25, -0.2) is 4.98 Å². The number of nitriles is 1. The smallest absolute Gasteiger partial charge is 0.228 e. The number of hydrogen-bond donors (Lipinski definition) is 0. The van der Waals surface area contributed by atoms with E-state index in [1.807, 2.05) is 35.2 Å². The molecule has 0 spiro atoms. The Bertz CT molecular complexity index is 816. The van der Waals surface area contributed by atoms with Crippen molar-refractivity contribution < 1.29 is 4.79 Å². The fraction of sp³-hybridized carbons (Fsp3) is 0.368. The van der Waals surface area contributed by atoms with Crippen molar-refractivity contribution in [3.8, 4) is 6.07 Å². The molecule has 5 rings (SSSR count). The highest BCUT2D eigenvalue weighted by molar-refractivity contribution is 5.81. The number of fused-ring (bicyclic) bond motifs is 4. The molecule has 126 valence electrons. The number of anilines is 1. The van der Waals surface area contributed by atoms with E-state index < -0.39 is 0 Å². The minimum absolute atomic E-state index is 0.0185. The maximum absolute atomic E-state index is 12.9. The minimum Gasteiger partial charge on any atom is -0.354 e. The summed E-state index contributed by atoms with van der Waals surface area (Å²) in [5.41, 5.74) is 1.32. The molecule has 3 aliphatic heterocycles. The summed E-state index contributed by atoms with van der Waals surface area (Å²) >= 11 is 0. The molecule has 6 heteroatoms. The van der Waals surface area contributed by atoms with Gasteiger partial charge in [0.1, 0.15) is 17.6 Å². The van der Waals surface area contributed by atoms with Crippen molar-refractivity contribution in [1.82, 2.24) is 14.9 Å². The molecule has 0 aromatic carbocycles. The van der Waals surface area contributed by atoms with E-state index in [1.165, 1.54) is 0 Å². The van der Waals surface area contributed by atoms with Crippen LogP contribution in [0.1, 0.15) is 24.2 Å². The second-order valence-electron chi connectivity index (χ2n) is 6.61. The van der Waals surface area contributed by atoms with E-state index in [-0.39, 0.29) is 17.9 Å². The lowest BCUT2D eigenvalue weighted by Gasteiger charge is -2.35. The highest BCUT2D eigenvalue weighted by Crippen LogP contribution is 2.32. The third-order valence-corrected chi connectivity index (χ3v) is 5.02. The van der Waals surface area contributed by atoms with Gasteiger partial charge in [0.2, 0.25) is 5.91 Å². The molecule has 3 aliphatic rings. The summed E-state index contributed by atoms with van der Waals surface area (Å²) in [6.07, 6.45) is 3.67. The molecule has 2 aromatic heterocycles. The first-order valence-electron chi connectivity index (χ1n) is 8.57. The lowest BCUT2D eigenvalue weighted by atomic mass is 9.94. The first-order chi connectivity index (χ1) is 12.2. The highest BCUT2D eigenvalue weighted by atomic mass is 16.2. The maximum Gasteiger partial charge on any atom is 0.228 e. The Morgan fingerprint density at radius 3 is 2.88 bits per heavy atom. The normalized spacial score (nSPS) is 22.6. The van der Waals surface area contributed by atoms with Crippen LogP contribution >= 0.6 is 0 Å². The second-order valence-corrected chi connectivity index (χ2v) is 6.61. The zero-order valence-electron chi connectivity index (χ0n) is 13.9. The van der Waals surface area contributed by atoms with Crippen molar-refractivity contribution in [2.45, 2.75) is 25.4 Å². The standard InChI is InChI=1S/C19H19N5O/c20-10-15-5-3-6-18(22-15)23-11-14-7-8-17(13-23)24(19(14)25)12-16-4-1-2-9-21-16/h1-6,9,14,17H,7-8,11-13H2/t14-,17+/m1/s1. The van der Waals surface area contributed by atoms with E-state index in [0.29, 0.717) is 18.8 Å². The van der Waals surface area contributed by atoms with Crippen LogP contribution in [0.15, 0.2) is 42.6 Å². The summed E-state index contributed by atoms with van der Waals surface area (Å²) in [5, 5.41) is 9.08. The fourth-order valence-corrected chi connectivity index (χ4v) is 3.76. The summed E-state index contributed by atoms with van der Waals surface area (Å²) in [6, 6.07) is 13.5. The SMILES string of the molecule is N#Cc1cccc(N2C[C@H]3CC[C@@H](C2)N(Cc2ccccn2)C3=O)n1. The van der Waals surface area contributed by atoms with Gasteiger partial charge in [-0.15, -0.1) is 0 Å². The number of hydrogen-bond acceptors (Lipinski definition) is 5. The third kappa shape index (κ3) is 3.05. The molecule has 2 bridgehead atoms. The number of rotatable bonds is 3. The van der Waals surface area contributed by atoms with E-state index >= 15 is 0 Å². The van der Waals surface area contributed by atoms with Crippen molar-refractivity contribution in [2.24, 2.45) is 5.92 Å². The van der Waals surface area contributed by atoms with Gasteiger partial charge in [0.25, 0.3) is 0 Å². The molecule has 0 N–H and O–H groups in total. The van der Waals surface area contributed by atoms with E-state index in [0.717, 1.165) is 30.9 Å². The van der Waals surface area contributed by atoms with E-state index in [1.54, 1.807) is 12.3 Å². The monoisotopic (exact) mass is 333 g/mol. The second kappa shape index (κ2) is 6.52. The molecule has 1 amide bonds. The molecule has 3 saturated heterocycles. The fourth-order valence-electron chi connectivity index (χ4n) is 3.76. The Morgan fingerprint density at radius 1 is 1.16 bits per heavy atom. The zero-order valence-corrected chi connectivity index (χ0v) is 13.9. The molecule has 2 aromatic rings. The molecule has 6 nitrogen and oxygen atoms in total. The van der Waals surface area contributed by atoms with Gasteiger partial charge in [-0.1, -0.05) is 12.1 Å². The van der Waals surface area contributed by atoms with Crippen LogP contribution in [0.25, 0.3) is 0 Å². The van der Waals surface area contributed by atoms with Crippen molar-refractivity contribution in [3.63, 3.8) is 0 Å². The van der Waals surface area contributed by atoms with Gasteiger partial charge in [-0.05, 0) is 37.1 Å². The Hall–Kier alpha value is -2.94. The van der Waals surface area contributed by atoms with Gasteiger partial charge in [0.15, 0.2) is 0 Å². The molecular formula is C19H19N5O.